The quantitative estimate of drug-likeness (QED) is 0.393. The average Bonchev–Trinajstić information content (AvgIpc) is 2.95. The van der Waals surface area contributed by atoms with Gasteiger partial charge in [-0.1, -0.05) is 59.8 Å². The number of thiocarbonyl (C=S) groups is 1. The van der Waals surface area contributed by atoms with E-state index >= 15 is 0 Å². The van der Waals surface area contributed by atoms with Crippen molar-refractivity contribution >= 4 is 51.9 Å². The van der Waals surface area contributed by atoms with Crippen molar-refractivity contribution in [3.63, 3.8) is 0 Å². The molecule has 1 heterocycles. The number of carbonyl (C=O) groups excluding carboxylic acids is 1. The van der Waals surface area contributed by atoms with Crippen LogP contribution < -0.4 is 9.47 Å². The second kappa shape index (κ2) is 9.65. The third kappa shape index (κ3) is 4.94. The summed E-state index contributed by atoms with van der Waals surface area (Å²) in [6, 6.07) is 11.6. The maximum atomic E-state index is 12.5. The van der Waals surface area contributed by atoms with Crippen molar-refractivity contribution in [3.8, 4) is 11.5 Å². The molecule has 0 aliphatic carbocycles. The Bertz CT molecular complexity index is 975. The van der Waals surface area contributed by atoms with Crippen LogP contribution in [0.15, 0.2) is 41.3 Å². The second-order valence-corrected chi connectivity index (χ2v) is 8.49. The van der Waals surface area contributed by atoms with Gasteiger partial charge in [0.05, 0.1) is 16.5 Å². The van der Waals surface area contributed by atoms with E-state index in [1.54, 1.807) is 17.0 Å². The lowest BCUT2D eigenvalue weighted by Gasteiger charge is -2.15. The average molecular weight is 448 g/mol. The van der Waals surface area contributed by atoms with Crippen LogP contribution in [0.4, 0.5) is 0 Å². The molecule has 1 fully saturated rings. The van der Waals surface area contributed by atoms with Gasteiger partial charge < -0.3 is 9.47 Å². The van der Waals surface area contributed by atoms with E-state index in [1.165, 1.54) is 11.8 Å². The Morgan fingerprint density at radius 2 is 1.97 bits per heavy atom. The van der Waals surface area contributed by atoms with Crippen LogP contribution >= 0.6 is 35.6 Å². The Kier molecular flexibility index (Phi) is 7.22. The minimum absolute atomic E-state index is 0.0866. The summed E-state index contributed by atoms with van der Waals surface area (Å²) in [5, 5.41) is 0.432. The zero-order valence-electron chi connectivity index (χ0n) is 16.5. The highest BCUT2D eigenvalue weighted by atomic mass is 35.5. The SMILES string of the molecule is CCOc1cc(/C=C2\SC(=S)N(CC)C2=O)cc(Cl)c1OCc1ccccc1C. The minimum atomic E-state index is -0.0866. The fourth-order valence-corrected chi connectivity index (χ4v) is 4.58. The van der Waals surface area contributed by atoms with Gasteiger partial charge in [-0.3, -0.25) is 9.69 Å². The van der Waals surface area contributed by atoms with Crippen molar-refractivity contribution < 1.29 is 14.3 Å². The highest BCUT2D eigenvalue weighted by molar-refractivity contribution is 8.26. The molecule has 0 atom stereocenters. The number of likely N-dealkylation sites (N-methyl/N-ethyl adjacent to an activating group) is 1. The number of aryl methyl sites for hydroxylation is 1. The van der Waals surface area contributed by atoms with E-state index in [-0.39, 0.29) is 5.91 Å². The number of benzene rings is 2. The molecule has 0 saturated carbocycles. The lowest BCUT2D eigenvalue weighted by Crippen LogP contribution is -2.27. The fraction of sp³-hybridized carbons (Fsp3) is 0.273. The second-order valence-electron chi connectivity index (χ2n) is 6.40. The maximum Gasteiger partial charge on any atom is 0.266 e. The molecule has 1 aliphatic heterocycles. The van der Waals surface area contributed by atoms with Crippen LogP contribution in [-0.2, 0) is 11.4 Å². The van der Waals surface area contributed by atoms with Gasteiger partial charge in [-0.25, -0.2) is 0 Å². The standard InChI is InChI=1S/C22H22ClNO3S2/c1-4-24-21(25)19(29-22(24)28)12-15-10-17(23)20(18(11-15)26-5-2)27-13-16-9-7-6-8-14(16)3/h6-12H,4-5,13H2,1-3H3/b19-12-. The molecular weight excluding hydrogens is 426 g/mol. The van der Waals surface area contributed by atoms with Crippen molar-refractivity contribution in [1.82, 2.24) is 4.90 Å². The first-order valence-corrected chi connectivity index (χ1v) is 10.9. The molecule has 4 nitrogen and oxygen atoms in total. The van der Waals surface area contributed by atoms with Crippen molar-refractivity contribution in [1.29, 1.82) is 0 Å². The van der Waals surface area contributed by atoms with Gasteiger partial charge in [0, 0.05) is 6.54 Å². The monoisotopic (exact) mass is 447 g/mol. The summed E-state index contributed by atoms with van der Waals surface area (Å²) in [7, 11) is 0. The molecule has 2 aromatic carbocycles. The molecule has 7 heteroatoms. The molecular formula is C22H22ClNO3S2. The molecule has 152 valence electrons. The van der Waals surface area contributed by atoms with Crippen molar-refractivity contribution in [2.75, 3.05) is 13.2 Å². The van der Waals surface area contributed by atoms with Gasteiger partial charge in [0.15, 0.2) is 11.5 Å². The van der Waals surface area contributed by atoms with Gasteiger partial charge in [0.25, 0.3) is 5.91 Å². The van der Waals surface area contributed by atoms with Crippen LogP contribution in [0.3, 0.4) is 0 Å². The molecule has 2 aromatic rings. The number of hydrogen-bond donors (Lipinski definition) is 0. The number of carbonyl (C=O) groups is 1. The molecule has 29 heavy (non-hydrogen) atoms. The molecule has 0 radical (unpaired) electrons. The van der Waals surface area contributed by atoms with Crippen LogP contribution in [0, 0.1) is 6.92 Å². The van der Waals surface area contributed by atoms with Gasteiger partial charge in [0.2, 0.25) is 0 Å². The predicted octanol–water partition coefficient (Wildman–Crippen LogP) is 5.85. The predicted molar refractivity (Wildman–Crippen MR) is 124 cm³/mol. The first-order chi connectivity index (χ1) is 13.9. The molecule has 0 spiro atoms. The Balaban J connectivity index is 1.89. The minimum Gasteiger partial charge on any atom is -0.490 e. The number of amides is 1. The molecule has 0 aromatic heterocycles. The number of ether oxygens (including phenoxy) is 2. The number of nitrogens with zero attached hydrogens (tertiary/aromatic N) is 1. The highest BCUT2D eigenvalue weighted by Crippen LogP contribution is 2.39. The van der Waals surface area contributed by atoms with E-state index in [0.717, 1.165) is 16.7 Å². The van der Waals surface area contributed by atoms with Gasteiger partial charge in [-0.15, -0.1) is 0 Å². The topological polar surface area (TPSA) is 38.8 Å². The molecule has 1 amide bonds. The van der Waals surface area contributed by atoms with Gasteiger partial charge in [-0.2, -0.15) is 0 Å². The van der Waals surface area contributed by atoms with Gasteiger partial charge >= 0.3 is 0 Å². The van der Waals surface area contributed by atoms with E-state index in [4.69, 9.17) is 33.3 Å². The van der Waals surface area contributed by atoms with Crippen LogP contribution in [0.2, 0.25) is 5.02 Å². The first kappa shape index (κ1) is 21.7. The lowest BCUT2D eigenvalue weighted by molar-refractivity contribution is -0.121. The van der Waals surface area contributed by atoms with Crippen LogP contribution in [0.1, 0.15) is 30.5 Å². The highest BCUT2D eigenvalue weighted by Gasteiger charge is 2.30. The fourth-order valence-electron chi connectivity index (χ4n) is 2.92. The number of thioether (sulfide) groups is 1. The van der Waals surface area contributed by atoms with Crippen LogP contribution in [0.25, 0.3) is 6.08 Å². The maximum absolute atomic E-state index is 12.5. The lowest BCUT2D eigenvalue weighted by atomic mass is 10.1. The summed E-state index contributed by atoms with van der Waals surface area (Å²) in [5.41, 5.74) is 2.99. The summed E-state index contributed by atoms with van der Waals surface area (Å²) >= 11 is 13.1. The largest absolute Gasteiger partial charge is 0.490 e. The molecule has 3 rings (SSSR count). The Labute approximate surface area is 185 Å². The van der Waals surface area contributed by atoms with Crippen LogP contribution in [0.5, 0.6) is 11.5 Å². The Morgan fingerprint density at radius 1 is 1.21 bits per heavy atom. The van der Waals surface area contributed by atoms with E-state index in [9.17, 15) is 4.79 Å². The number of halogens is 1. The normalized spacial score (nSPS) is 15.3. The van der Waals surface area contributed by atoms with Crippen LogP contribution in [-0.4, -0.2) is 28.3 Å². The zero-order chi connectivity index (χ0) is 21.0. The Morgan fingerprint density at radius 3 is 2.62 bits per heavy atom. The summed E-state index contributed by atoms with van der Waals surface area (Å²) in [6.45, 7) is 7.26. The van der Waals surface area contributed by atoms with E-state index in [1.807, 2.05) is 51.1 Å². The Hall–Kier alpha value is -2.02. The van der Waals surface area contributed by atoms with Crippen molar-refractivity contribution in [2.24, 2.45) is 0 Å². The zero-order valence-corrected chi connectivity index (χ0v) is 18.9. The number of rotatable bonds is 7. The van der Waals surface area contributed by atoms with Gasteiger partial charge in [0.1, 0.15) is 10.9 Å². The molecule has 0 bridgehead atoms. The molecule has 0 N–H and O–H groups in total. The van der Waals surface area contributed by atoms with Gasteiger partial charge in [-0.05, 0) is 55.7 Å². The smallest absolute Gasteiger partial charge is 0.266 e. The first-order valence-electron chi connectivity index (χ1n) is 9.33. The van der Waals surface area contributed by atoms with E-state index in [0.29, 0.717) is 45.5 Å². The third-order valence-electron chi connectivity index (χ3n) is 4.45. The summed E-state index contributed by atoms with van der Waals surface area (Å²) in [4.78, 5) is 14.6. The third-order valence-corrected chi connectivity index (χ3v) is 6.11. The summed E-state index contributed by atoms with van der Waals surface area (Å²) in [5.74, 6) is 0.956. The number of hydrogen-bond acceptors (Lipinski definition) is 5. The van der Waals surface area contributed by atoms with Crippen molar-refractivity contribution in [3.05, 3.63) is 63.0 Å². The van der Waals surface area contributed by atoms with E-state index < -0.39 is 0 Å². The molecule has 1 saturated heterocycles. The molecule has 1 aliphatic rings. The van der Waals surface area contributed by atoms with Crippen molar-refractivity contribution in [2.45, 2.75) is 27.4 Å². The summed E-state index contributed by atoms with van der Waals surface area (Å²) in [6.07, 6.45) is 1.79. The summed E-state index contributed by atoms with van der Waals surface area (Å²) < 4.78 is 12.3. The molecule has 0 unspecified atom stereocenters. The van der Waals surface area contributed by atoms with E-state index in [2.05, 4.69) is 0 Å².